The molecule has 2 fully saturated rings. The highest BCUT2D eigenvalue weighted by Crippen LogP contribution is 2.20. The van der Waals surface area contributed by atoms with Gasteiger partial charge in [-0.15, -0.1) is 0 Å². The molecule has 4 atom stereocenters. The molecule has 3 heterocycles. The van der Waals surface area contributed by atoms with Crippen molar-refractivity contribution < 1.29 is 23.5 Å². The van der Waals surface area contributed by atoms with Crippen LogP contribution in [0.2, 0.25) is 0 Å². The van der Waals surface area contributed by atoms with E-state index in [9.17, 15) is 9.59 Å². The summed E-state index contributed by atoms with van der Waals surface area (Å²) >= 11 is 0. The summed E-state index contributed by atoms with van der Waals surface area (Å²) in [5.74, 6) is 0.0279. The number of carbonyl (C=O) groups excluding carboxylic acids is 2. The van der Waals surface area contributed by atoms with E-state index in [1.807, 2.05) is 27.7 Å². The second kappa shape index (κ2) is 8.44. The van der Waals surface area contributed by atoms with Crippen molar-refractivity contribution in [1.82, 2.24) is 9.80 Å². The van der Waals surface area contributed by atoms with Gasteiger partial charge in [-0.25, -0.2) is 0 Å². The maximum absolute atomic E-state index is 12.8. The Labute approximate surface area is 160 Å². The zero-order chi connectivity index (χ0) is 19.6. The Morgan fingerprint density at radius 3 is 1.63 bits per heavy atom. The second-order valence-corrected chi connectivity index (χ2v) is 7.54. The maximum atomic E-state index is 12.8. The first kappa shape index (κ1) is 19.9. The molecule has 2 saturated heterocycles. The lowest BCUT2D eigenvalue weighted by Crippen LogP contribution is -2.49. The van der Waals surface area contributed by atoms with Crippen LogP contribution in [0.15, 0.2) is 16.5 Å². The molecule has 27 heavy (non-hydrogen) atoms. The van der Waals surface area contributed by atoms with Crippen LogP contribution in [-0.2, 0) is 9.47 Å². The molecule has 3 rings (SSSR count). The zero-order valence-corrected chi connectivity index (χ0v) is 16.6. The van der Waals surface area contributed by atoms with Gasteiger partial charge in [0.2, 0.25) is 0 Å². The highest BCUT2D eigenvalue weighted by molar-refractivity contribution is 5.95. The van der Waals surface area contributed by atoms with Gasteiger partial charge in [-0.3, -0.25) is 9.59 Å². The van der Waals surface area contributed by atoms with Gasteiger partial charge in [0.05, 0.1) is 24.4 Å². The minimum absolute atomic E-state index is 0.00970. The van der Waals surface area contributed by atoms with Crippen LogP contribution in [0, 0.1) is 0 Å². The van der Waals surface area contributed by atoms with Crippen LogP contribution in [0.25, 0.3) is 0 Å². The molecular formula is C20H30N2O5. The van der Waals surface area contributed by atoms with Crippen LogP contribution in [-0.4, -0.2) is 72.2 Å². The summed E-state index contributed by atoms with van der Waals surface area (Å²) in [5, 5.41) is 0. The van der Waals surface area contributed by atoms with Crippen molar-refractivity contribution in [2.75, 3.05) is 26.2 Å². The van der Waals surface area contributed by atoms with Gasteiger partial charge in [0.15, 0.2) is 11.5 Å². The first-order chi connectivity index (χ1) is 12.9. The number of rotatable bonds is 4. The minimum Gasteiger partial charge on any atom is -0.446 e. The number of furan rings is 1. The standard InChI is InChI=1S/C20H30N2O5/c1-5-15-11-21(9-13(3)25-15)19(23)17-7-8-18(27-17)20(24)22-10-14(4)26-16(6-2)12-22/h7-8,13-16H,5-6,9-12H2,1-4H3. The predicted octanol–water partition coefficient (Wildman–Crippen LogP) is 2.56. The molecule has 2 amide bonds. The molecule has 7 heteroatoms. The third-order valence-corrected chi connectivity index (χ3v) is 5.17. The summed E-state index contributed by atoms with van der Waals surface area (Å²) < 4.78 is 17.3. The zero-order valence-electron chi connectivity index (χ0n) is 16.6. The molecule has 0 aromatic carbocycles. The van der Waals surface area contributed by atoms with Crippen LogP contribution >= 0.6 is 0 Å². The number of hydrogen-bond acceptors (Lipinski definition) is 5. The van der Waals surface area contributed by atoms with Gasteiger partial charge in [0.25, 0.3) is 11.8 Å². The first-order valence-electron chi connectivity index (χ1n) is 9.90. The van der Waals surface area contributed by atoms with Crippen molar-refractivity contribution in [3.05, 3.63) is 23.7 Å². The fourth-order valence-corrected chi connectivity index (χ4v) is 3.75. The van der Waals surface area contributed by atoms with E-state index in [4.69, 9.17) is 13.9 Å². The van der Waals surface area contributed by atoms with Crippen LogP contribution < -0.4 is 0 Å². The highest BCUT2D eigenvalue weighted by atomic mass is 16.5. The van der Waals surface area contributed by atoms with Gasteiger partial charge >= 0.3 is 0 Å². The monoisotopic (exact) mass is 378 g/mol. The summed E-state index contributed by atoms with van der Waals surface area (Å²) in [6, 6.07) is 3.19. The SMILES string of the molecule is CCC1CN(C(=O)c2ccc(C(=O)N3CC(C)OC(CC)C3)o2)CC(C)O1. The minimum atomic E-state index is -0.190. The lowest BCUT2D eigenvalue weighted by molar-refractivity contribution is -0.0693. The van der Waals surface area contributed by atoms with Crippen molar-refractivity contribution >= 4 is 11.8 Å². The molecule has 0 aliphatic carbocycles. The number of nitrogens with zero attached hydrogens (tertiary/aromatic N) is 2. The average Bonchev–Trinajstić information content (AvgIpc) is 3.15. The third-order valence-electron chi connectivity index (χ3n) is 5.17. The summed E-state index contributed by atoms with van der Waals surface area (Å²) in [5.41, 5.74) is 0. The molecule has 0 radical (unpaired) electrons. The van der Waals surface area contributed by atoms with Crippen molar-refractivity contribution in [3.63, 3.8) is 0 Å². The van der Waals surface area contributed by atoms with Crippen molar-refractivity contribution in [2.45, 2.75) is 65.0 Å². The summed E-state index contributed by atoms with van der Waals surface area (Å²) in [7, 11) is 0. The second-order valence-electron chi connectivity index (χ2n) is 7.54. The molecule has 2 aliphatic heterocycles. The Hall–Kier alpha value is -1.86. The lowest BCUT2D eigenvalue weighted by Gasteiger charge is -2.36. The fraction of sp³-hybridized carbons (Fsp3) is 0.700. The predicted molar refractivity (Wildman–Crippen MR) is 99.8 cm³/mol. The third kappa shape index (κ3) is 4.52. The molecule has 7 nitrogen and oxygen atoms in total. The Balaban J connectivity index is 1.68. The molecule has 0 spiro atoms. The summed E-state index contributed by atoms with van der Waals surface area (Å²) in [6.07, 6.45) is 1.76. The molecule has 1 aromatic rings. The van der Waals surface area contributed by atoms with Crippen LogP contribution in [0.4, 0.5) is 0 Å². The fourth-order valence-electron chi connectivity index (χ4n) is 3.75. The van der Waals surface area contributed by atoms with E-state index < -0.39 is 0 Å². The van der Waals surface area contributed by atoms with Gasteiger partial charge in [-0.2, -0.15) is 0 Å². The number of morpholine rings is 2. The van der Waals surface area contributed by atoms with E-state index in [1.54, 1.807) is 21.9 Å². The Morgan fingerprint density at radius 1 is 0.852 bits per heavy atom. The van der Waals surface area contributed by atoms with E-state index in [-0.39, 0.29) is 47.8 Å². The number of hydrogen-bond donors (Lipinski definition) is 0. The summed E-state index contributed by atoms with van der Waals surface area (Å²) in [4.78, 5) is 29.1. The molecule has 2 aliphatic rings. The van der Waals surface area contributed by atoms with E-state index in [0.29, 0.717) is 26.2 Å². The molecule has 1 aromatic heterocycles. The highest BCUT2D eigenvalue weighted by Gasteiger charge is 2.32. The number of carbonyl (C=O) groups is 2. The van der Waals surface area contributed by atoms with Gasteiger partial charge in [-0.1, -0.05) is 13.8 Å². The van der Waals surface area contributed by atoms with Crippen molar-refractivity contribution in [1.29, 1.82) is 0 Å². The summed E-state index contributed by atoms with van der Waals surface area (Å²) in [6.45, 7) is 10.2. The van der Waals surface area contributed by atoms with Gasteiger partial charge < -0.3 is 23.7 Å². The van der Waals surface area contributed by atoms with Crippen LogP contribution in [0.3, 0.4) is 0 Å². The first-order valence-corrected chi connectivity index (χ1v) is 9.90. The number of ether oxygens (including phenoxy) is 2. The lowest BCUT2D eigenvalue weighted by atomic mass is 10.1. The van der Waals surface area contributed by atoms with E-state index in [0.717, 1.165) is 12.8 Å². The molecule has 4 unspecified atom stereocenters. The van der Waals surface area contributed by atoms with Crippen LogP contribution in [0.1, 0.15) is 61.6 Å². The quantitative estimate of drug-likeness (QED) is 0.805. The van der Waals surface area contributed by atoms with Gasteiger partial charge in [0.1, 0.15) is 0 Å². The van der Waals surface area contributed by atoms with E-state index in [1.165, 1.54) is 0 Å². The molecular weight excluding hydrogens is 348 g/mol. The smallest absolute Gasteiger partial charge is 0.289 e. The van der Waals surface area contributed by atoms with Crippen molar-refractivity contribution in [2.24, 2.45) is 0 Å². The van der Waals surface area contributed by atoms with Crippen molar-refractivity contribution in [3.8, 4) is 0 Å². The molecule has 0 bridgehead atoms. The average molecular weight is 378 g/mol. The topological polar surface area (TPSA) is 72.2 Å². The van der Waals surface area contributed by atoms with E-state index in [2.05, 4.69) is 0 Å². The van der Waals surface area contributed by atoms with Crippen LogP contribution in [0.5, 0.6) is 0 Å². The Morgan fingerprint density at radius 2 is 1.26 bits per heavy atom. The molecule has 150 valence electrons. The number of amides is 2. The Bertz CT molecular complexity index is 619. The largest absolute Gasteiger partial charge is 0.446 e. The normalized spacial score (nSPS) is 29.0. The Kier molecular flexibility index (Phi) is 6.22. The van der Waals surface area contributed by atoms with Gasteiger partial charge in [-0.05, 0) is 38.8 Å². The van der Waals surface area contributed by atoms with E-state index >= 15 is 0 Å². The van der Waals surface area contributed by atoms with Gasteiger partial charge in [0, 0.05) is 26.2 Å². The maximum Gasteiger partial charge on any atom is 0.289 e. The molecule has 0 N–H and O–H groups in total. The molecule has 0 saturated carbocycles.